The minimum absolute atomic E-state index is 0. The van der Waals surface area contributed by atoms with Crippen molar-refractivity contribution < 1.29 is 22.7 Å². The van der Waals surface area contributed by atoms with Gasteiger partial charge in [-0.15, -0.1) is 12.4 Å². The Labute approximate surface area is 192 Å². The number of rotatable bonds is 7. The standard InChI is InChI=1S/C22H24FN3O4S.ClH/c1-14-21(15-5-4-6-16(11-15)22(27)28)19-12-18(31(29,30)25(2)3)7-8-20(19)26(14)13-17(23)9-10-24;/h4-9,11-12H,10,13,24H2,1-3H3,(H,27,28);1H/b17-9-;. The summed E-state index contributed by atoms with van der Waals surface area (Å²) in [5.74, 6) is -1.49. The zero-order chi connectivity index (χ0) is 22.9. The van der Waals surface area contributed by atoms with Crippen molar-refractivity contribution in [3.8, 4) is 11.1 Å². The molecule has 10 heteroatoms. The van der Waals surface area contributed by atoms with Crippen LogP contribution in [0.5, 0.6) is 0 Å². The van der Waals surface area contributed by atoms with Crippen LogP contribution in [0.2, 0.25) is 0 Å². The first kappa shape index (κ1) is 25.5. The highest BCUT2D eigenvalue weighted by Gasteiger charge is 2.22. The van der Waals surface area contributed by atoms with Gasteiger partial charge in [0.25, 0.3) is 0 Å². The molecule has 2 aromatic carbocycles. The van der Waals surface area contributed by atoms with Crippen LogP contribution in [0.25, 0.3) is 22.0 Å². The fourth-order valence-electron chi connectivity index (χ4n) is 3.55. The lowest BCUT2D eigenvalue weighted by atomic mass is 10.0. The van der Waals surface area contributed by atoms with Gasteiger partial charge in [0.15, 0.2) is 0 Å². The average molecular weight is 482 g/mol. The van der Waals surface area contributed by atoms with E-state index in [1.54, 1.807) is 35.8 Å². The minimum atomic E-state index is -3.70. The Bertz CT molecular complexity index is 1300. The van der Waals surface area contributed by atoms with Gasteiger partial charge in [0.2, 0.25) is 10.0 Å². The van der Waals surface area contributed by atoms with Crippen LogP contribution in [-0.2, 0) is 16.6 Å². The Kier molecular flexibility index (Phi) is 7.84. The van der Waals surface area contributed by atoms with Crippen molar-refractivity contribution >= 4 is 39.3 Å². The fraction of sp³-hybridized carbons (Fsp3) is 0.227. The molecule has 0 aliphatic rings. The van der Waals surface area contributed by atoms with Crippen LogP contribution in [-0.4, -0.2) is 49.0 Å². The molecule has 0 amide bonds. The van der Waals surface area contributed by atoms with Crippen LogP contribution in [0.3, 0.4) is 0 Å². The summed E-state index contributed by atoms with van der Waals surface area (Å²) in [6.45, 7) is 1.78. The molecule has 3 N–H and O–H groups in total. The highest BCUT2D eigenvalue weighted by atomic mass is 35.5. The second kappa shape index (κ2) is 9.83. The van der Waals surface area contributed by atoms with Crippen LogP contribution >= 0.6 is 12.4 Å². The van der Waals surface area contributed by atoms with Crippen molar-refractivity contribution in [3.63, 3.8) is 0 Å². The van der Waals surface area contributed by atoms with E-state index in [0.717, 1.165) is 4.31 Å². The molecule has 32 heavy (non-hydrogen) atoms. The number of halogens is 2. The van der Waals surface area contributed by atoms with E-state index in [1.807, 2.05) is 0 Å². The lowest BCUT2D eigenvalue weighted by Crippen LogP contribution is -2.22. The number of fused-ring (bicyclic) bond motifs is 1. The number of hydrogen-bond acceptors (Lipinski definition) is 4. The zero-order valence-electron chi connectivity index (χ0n) is 17.9. The number of sulfonamides is 1. The third kappa shape index (κ3) is 4.71. The predicted octanol–water partition coefficient (Wildman–Crippen LogP) is 3.80. The number of aromatic carboxylic acids is 1. The number of hydrogen-bond donors (Lipinski definition) is 2. The van der Waals surface area contributed by atoms with E-state index in [9.17, 15) is 22.7 Å². The summed E-state index contributed by atoms with van der Waals surface area (Å²) < 4.78 is 42.5. The Morgan fingerprint density at radius 1 is 1.22 bits per heavy atom. The number of benzene rings is 2. The molecule has 172 valence electrons. The number of carboxylic acids is 1. The molecular weight excluding hydrogens is 457 g/mol. The van der Waals surface area contributed by atoms with Crippen molar-refractivity contribution in [1.29, 1.82) is 0 Å². The molecule has 0 atom stereocenters. The smallest absolute Gasteiger partial charge is 0.335 e. The van der Waals surface area contributed by atoms with Crippen LogP contribution < -0.4 is 5.73 Å². The van der Waals surface area contributed by atoms with Crippen LogP contribution in [0.1, 0.15) is 16.1 Å². The molecule has 0 spiro atoms. The number of carboxylic acid groups (broad SMARTS) is 1. The first-order valence-corrected chi connectivity index (χ1v) is 11.0. The molecule has 1 heterocycles. The second-order valence-electron chi connectivity index (χ2n) is 7.29. The van der Waals surface area contributed by atoms with E-state index in [2.05, 4.69) is 0 Å². The number of aromatic nitrogens is 1. The van der Waals surface area contributed by atoms with Gasteiger partial charge >= 0.3 is 5.97 Å². The predicted molar refractivity (Wildman–Crippen MR) is 125 cm³/mol. The molecule has 0 unspecified atom stereocenters. The lowest BCUT2D eigenvalue weighted by molar-refractivity contribution is 0.0697. The van der Waals surface area contributed by atoms with Gasteiger partial charge in [-0.2, -0.15) is 0 Å². The van der Waals surface area contributed by atoms with Crippen molar-refractivity contribution in [3.05, 3.63) is 65.6 Å². The Morgan fingerprint density at radius 3 is 2.50 bits per heavy atom. The average Bonchev–Trinajstić information content (AvgIpc) is 2.99. The van der Waals surface area contributed by atoms with E-state index in [1.165, 1.54) is 38.4 Å². The molecule has 1 aromatic heterocycles. The minimum Gasteiger partial charge on any atom is -0.478 e. The maximum absolute atomic E-state index is 14.3. The topological polar surface area (TPSA) is 106 Å². The molecule has 0 aliphatic heterocycles. The Hall–Kier alpha value is -2.72. The summed E-state index contributed by atoms with van der Waals surface area (Å²) in [5, 5.41) is 9.96. The number of nitrogens with zero attached hydrogens (tertiary/aromatic N) is 2. The normalized spacial score (nSPS) is 12.2. The van der Waals surface area contributed by atoms with Gasteiger partial charge in [0.05, 0.1) is 17.0 Å². The summed E-state index contributed by atoms with van der Waals surface area (Å²) >= 11 is 0. The molecule has 0 radical (unpaired) electrons. The van der Waals surface area contributed by atoms with Crippen molar-refractivity contribution in [2.24, 2.45) is 5.73 Å². The van der Waals surface area contributed by atoms with Gasteiger partial charge in [0, 0.05) is 42.8 Å². The molecule has 0 saturated heterocycles. The monoisotopic (exact) mass is 481 g/mol. The van der Waals surface area contributed by atoms with Gasteiger partial charge in [0.1, 0.15) is 5.83 Å². The number of carbonyl (C=O) groups is 1. The van der Waals surface area contributed by atoms with E-state index in [0.29, 0.717) is 27.7 Å². The summed E-state index contributed by atoms with van der Waals surface area (Å²) in [4.78, 5) is 11.6. The SMILES string of the molecule is Cc1c(-c2cccc(C(=O)O)c2)c2cc(S(=O)(=O)N(C)C)ccc2n1C/C(F)=C/CN.Cl. The van der Waals surface area contributed by atoms with Crippen LogP contribution in [0.4, 0.5) is 4.39 Å². The quantitative estimate of drug-likeness (QED) is 0.534. The third-order valence-electron chi connectivity index (χ3n) is 5.12. The fourth-order valence-corrected chi connectivity index (χ4v) is 4.48. The molecule has 0 bridgehead atoms. The highest BCUT2D eigenvalue weighted by molar-refractivity contribution is 7.89. The number of allylic oxidation sites excluding steroid dienone is 1. The first-order valence-electron chi connectivity index (χ1n) is 9.51. The third-order valence-corrected chi connectivity index (χ3v) is 6.93. The van der Waals surface area contributed by atoms with E-state index in [4.69, 9.17) is 5.73 Å². The summed E-state index contributed by atoms with van der Waals surface area (Å²) in [5.41, 5.74) is 8.08. The van der Waals surface area contributed by atoms with Gasteiger partial charge in [-0.05, 0) is 48.9 Å². The summed E-state index contributed by atoms with van der Waals surface area (Å²) in [6.07, 6.45) is 1.28. The second-order valence-corrected chi connectivity index (χ2v) is 9.44. The van der Waals surface area contributed by atoms with Gasteiger partial charge in [-0.1, -0.05) is 12.1 Å². The molecule has 7 nitrogen and oxygen atoms in total. The molecular formula is C22H25ClFN3O4S. The number of nitrogens with two attached hydrogens (primary N) is 1. The van der Waals surface area contributed by atoms with Crippen molar-refractivity contribution in [1.82, 2.24) is 8.87 Å². The highest BCUT2D eigenvalue weighted by Crippen LogP contribution is 2.37. The van der Waals surface area contributed by atoms with Crippen LogP contribution in [0.15, 0.2) is 59.3 Å². The van der Waals surface area contributed by atoms with Gasteiger partial charge in [-0.25, -0.2) is 21.9 Å². The molecule has 3 aromatic rings. The molecule has 3 rings (SSSR count). The van der Waals surface area contributed by atoms with Crippen molar-refractivity contribution in [2.75, 3.05) is 20.6 Å². The molecule has 0 aliphatic carbocycles. The lowest BCUT2D eigenvalue weighted by Gasteiger charge is -2.12. The van der Waals surface area contributed by atoms with E-state index in [-0.39, 0.29) is 36.0 Å². The van der Waals surface area contributed by atoms with Crippen molar-refractivity contribution in [2.45, 2.75) is 18.4 Å². The first-order chi connectivity index (χ1) is 14.6. The largest absolute Gasteiger partial charge is 0.478 e. The van der Waals surface area contributed by atoms with Gasteiger partial charge < -0.3 is 15.4 Å². The van der Waals surface area contributed by atoms with E-state index >= 15 is 0 Å². The van der Waals surface area contributed by atoms with Crippen LogP contribution in [0, 0.1) is 6.92 Å². The van der Waals surface area contributed by atoms with Gasteiger partial charge in [-0.3, -0.25) is 0 Å². The summed E-state index contributed by atoms with van der Waals surface area (Å²) in [7, 11) is -0.807. The molecule has 0 saturated carbocycles. The maximum Gasteiger partial charge on any atom is 0.335 e. The maximum atomic E-state index is 14.3. The van der Waals surface area contributed by atoms with E-state index < -0.39 is 21.8 Å². The Balaban J connectivity index is 0.00000363. The molecule has 0 fully saturated rings. The Morgan fingerprint density at radius 2 is 1.91 bits per heavy atom. The zero-order valence-corrected chi connectivity index (χ0v) is 19.5. The summed E-state index contributed by atoms with van der Waals surface area (Å²) in [6, 6.07) is 11.0.